The second-order valence-corrected chi connectivity index (χ2v) is 7.98. The fourth-order valence-corrected chi connectivity index (χ4v) is 4.04. The van der Waals surface area contributed by atoms with Crippen LogP contribution < -0.4 is 10.1 Å². The molecule has 3 rings (SSSR count). The Morgan fingerprint density at radius 2 is 2.09 bits per heavy atom. The molecule has 1 aromatic heterocycles. The maximum absolute atomic E-state index is 12.5. The number of fused-ring (bicyclic) bond motifs is 1. The van der Waals surface area contributed by atoms with Gasteiger partial charge in [0, 0.05) is 23.6 Å². The van der Waals surface area contributed by atoms with Gasteiger partial charge in [0.05, 0.1) is 16.6 Å². The SMILES string of the molecule is COC(=O)COc1c(Cl)cc(/C=C(/C#N)C(=O)NCCc2c[nH]c3ccccc23)cc1Br. The van der Waals surface area contributed by atoms with Gasteiger partial charge in [0.2, 0.25) is 0 Å². The largest absolute Gasteiger partial charge is 0.479 e. The van der Waals surface area contributed by atoms with Gasteiger partial charge < -0.3 is 19.8 Å². The number of nitrogens with one attached hydrogen (secondary N) is 2. The summed E-state index contributed by atoms with van der Waals surface area (Å²) in [4.78, 5) is 26.9. The second-order valence-electron chi connectivity index (χ2n) is 6.71. The summed E-state index contributed by atoms with van der Waals surface area (Å²) in [5.41, 5.74) is 2.58. The summed E-state index contributed by atoms with van der Waals surface area (Å²) >= 11 is 9.56. The first kappa shape index (κ1) is 23.4. The van der Waals surface area contributed by atoms with Gasteiger partial charge in [-0.3, -0.25) is 4.79 Å². The summed E-state index contributed by atoms with van der Waals surface area (Å²) in [5.74, 6) is -0.769. The summed E-state index contributed by atoms with van der Waals surface area (Å²) in [5, 5.41) is 13.5. The Bertz CT molecular complexity index is 1210. The molecule has 0 unspecified atom stereocenters. The van der Waals surface area contributed by atoms with E-state index in [9.17, 15) is 14.9 Å². The van der Waals surface area contributed by atoms with Crippen LogP contribution in [0.1, 0.15) is 11.1 Å². The van der Waals surface area contributed by atoms with Crippen molar-refractivity contribution in [3.05, 3.63) is 68.8 Å². The summed E-state index contributed by atoms with van der Waals surface area (Å²) < 4.78 is 10.4. The minimum Gasteiger partial charge on any atom is -0.479 e. The lowest BCUT2D eigenvalue weighted by atomic mass is 10.1. The van der Waals surface area contributed by atoms with Gasteiger partial charge in [-0.1, -0.05) is 29.8 Å². The number of methoxy groups -OCH3 is 1. The second kappa shape index (κ2) is 10.8. The van der Waals surface area contributed by atoms with Crippen molar-refractivity contribution < 1.29 is 19.1 Å². The molecular formula is C23H19BrClN3O4. The number of esters is 1. The van der Waals surface area contributed by atoms with Crippen LogP contribution in [0.5, 0.6) is 5.75 Å². The molecule has 0 saturated heterocycles. The van der Waals surface area contributed by atoms with Crippen molar-refractivity contribution in [1.82, 2.24) is 10.3 Å². The van der Waals surface area contributed by atoms with E-state index in [-0.39, 0.29) is 23.0 Å². The predicted molar refractivity (Wildman–Crippen MR) is 125 cm³/mol. The molecule has 9 heteroatoms. The lowest BCUT2D eigenvalue weighted by molar-refractivity contribution is -0.142. The molecule has 0 saturated carbocycles. The molecule has 164 valence electrons. The molecule has 2 aromatic carbocycles. The third-order valence-corrected chi connectivity index (χ3v) is 5.48. The van der Waals surface area contributed by atoms with Gasteiger partial charge >= 0.3 is 5.97 Å². The zero-order chi connectivity index (χ0) is 23.1. The van der Waals surface area contributed by atoms with Crippen LogP contribution >= 0.6 is 27.5 Å². The van der Waals surface area contributed by atoms with Crippen molar-refractivity contribution in [1.29, 1.82) is 5.26 Å². The number of rotatable bonds is 8. The fraction of sp³-hybridized carbons (Fsp3) is 0.174. The predicted octanol–water partition coefficient (Wildman–Crippen LogP) is 4.40. The number of hydrogen-bond acceptors (Lipinski definition) is 5. The Kier molecular flexibility index (Phi) is 7.92. The van der Waals surface area contributed by atoms with Crippen LogP contribution in [0.4, 0.5) is 0 Å². The standard InChI is InChI=1S/C23H19BrClN3O4/c1-31-21(29)13-32-22-18(24)9-14(10-19(22)25)8-16(11-26)23(30)27-7-6-15-12-28-20-5-3-2-4-17(15)20/h2-5,8-10,12,28H,6-7,13H2,1H3,(H,27,30)/b16-8-. The number of para-hydroxylation sites is 1. The minimum atomic E-state index is -0.548. The highest BCUT2D eigenvalue weighted by Gasteiger charge is 2.14. The van der Waals surface area contributed by atoms with E-state index in [1.807, 2.05) is 36.5 Å². The van der Waals surface area contributed by atoms with Crippen LogP contribution in [0.2, 0.25) is 5.02 Å². The number of aromatic amines is 1. The average molecular weight is 517 g/mol. The normalized spacial score (nSPS) is 11.1. The van der Waals surface area contributed by atoms with Gasteiger partial charge in [0.15, 0.2) is 12.4 Å². The van der Waals surface area contributed by atoms with Gasteiger partial charge in [-0.05, 0) is 57.8 Å². The number of nitrogens with zero attached hydrogens (tertiary/aromatic N) is 1. The first-order valence-electron chi connectivity index (χ1n) is 9.56. The van der Waals surface area contributed by atoms with Crippen molar-refractivity contribution in [3.8, 4) is 11.8 Å². The molecule has 1 heterocycles. The van der Waals surface area contributed by atoms with Crippen molar-refractivity contribution in [2.45, 2.75) is 6.42 Å². The highest BCUT2D eigenvalue weighted by Crippen LogP contribution is 2.35. The first-order chi connectivity index (χ1) is 15.4. The number of aromatic nitrogens is 1. The molecule has 2 N–H and O–H groups in total. The minimum absolute atomic E-state index is 0.0601. The lowest BCUT2D eigenvalue weighted by Crippen LogP contribution is -2.26. The van der Waals surface area contributed by atoms with Gasteiger partial charge in [-0.25, -0.2) is 4.79 Å². The maximum atomic E-state index is 12.5. The van der Waals surface area contributed by atoms with Gasteiger partial charge in [0.25, 0.3) is 5.91 Å². The number of nitriles is 1. The molecular weight excluding hydrogens is 498 g/mol. The van der Waals surface area contributed by atoms with Crippen LogP contribution in [0.15, 0.2) is 52.6 Å². The van der Waals surface area contributed by atoms with Crippen LogP contribution in [-0.4, -0.2) is 37.1 Å². The highest BCUT2D eigenvalue weighted by atomic mass is 79.9. The summed E-state index contributed by atoms with van der Waals surface area (Å²) in [6, 6.07) is 13.0. The molecule has 3 aromatic rings. The van der Waals surface area contributed by atoms with E-state index in [1.165, 1.54) is 19.3 Å². The summed E-state index contributed by atoms with van der Waals surface area (Å²) in [6.45, 7) is 0.0801. The molecule has 32 heavy (non-hydrogen) atoms. The molecule has 1 amide bonds. The molecule has 0 aliphatic rings. The summed E-state index contributed by atoms with van der Waals surface area (Å²) in [7, 11) is 1.26. The van der Waals surface area contributed by atoms with Gasteiger partial charge in [0.1, 0.15) is 11.6 Å². The number of H-pyrrole nitrogens is 1. The van der Waals surface area contributed by atoms with Crippen LogP contribution in [0.25, 0.3) is 17.0 Å². The zero-order valence-corrected chi connectivity index (χ0v) is 19.4. The lowest BCUT2D eigenvalue weighted by Gasteiger charge is -2.10. The van der Waals surface area contributed by atoms with Gasteiger partial charge in [-0.15, -0.1) is 0 Å². The molecule has 7 nitrogen and oxygen atoms in total. The number of amides is 1. The zero-order valence-electron chi connectivity index (χ0n) is 17.1. The quantitative estimate of drug-likeness (QED) is 0.262. The Morgan fingerprint density at radius 3 is 2.81 bits per heavy atom. The molecule has 0 bridgehead atoms. The van der Waals surface area contributed by atoms with E-state index in [0.29, 0.717) is 23.0 Å². The van der Waals surface area contributed by atoms with Crippen molar-refractivity contribution in [3.63, 3.8) is 0 Å². The monoisotopic (exact) mass is 515 g/mol. The molecule has 0 radical (unpaired) electrons. The highest BCUT2D eigenvalue weighted by molar-refractivity contribution is 9.10. The molecule has 0 spiro atoms. The average Bonchev–Trinajstić information content (AvgIpc) is 3.19. The van der Waals surface area contributed by atoms with Crippen LogP contribution in [0, 0.1) is 11.3 Å². The van der Waals surface area contributed by atoms with Gasteiger partial charge in [-0.2, -0.15) is 5.26 Å². The van der Waals surface area contributed by atoms with Crippen molar-refractivity contribution in [2.24, 2.45) is 0 Å². The maximum Gasteiger partial charge on any atom is 0.343 e. The smallest absolute Gasteiger partial charge is 0.343 e. The fourth-order valence-electron chi connectivity index (χ4n) is 3.05. The topological polar surface area (TPSA) is 104 Å². The first-order valence-corrected chi connectivity index (χ1v) is 10.7. The van der Waals surface area contributed by atoms with Crippen LogP contribution in [-0.2, 0) is 20.7 Å². The number of ether oxygens (including phenoxy) is 2. The molecule has 0 aliphatic heterocycles. The Morgan fingerprint density at radius 1 is 1.31 bits per heavy atom. The number of halogens is 2. The van der Waals surface area contributed by atoms with Crippen LogP contribution in [0.3, 0.4) is 0 Å². The van der Waals surface area contributed by atoms with Crippen molar-refractivity contribution >= 4 is 56.4 Å². The number of carbonyl (C=O) groups excluding carboxylic acids is 2. The number of hydrogen-bond donors (Lipinski definition) is 2. The van der Waals surface area contributed by atoms with Crippen molar-refractivity contribution in [2.75, 3.05) is 20.3 Å². The van der Waals surface area contributed by atoms with E-state index >= 15 is 0 Å². The Balaban J connectivity index is 1.66. The van der Waals surface area contributed by atoms with E-state index in [0.717, 1.165) is 16.5 Å². The van der Waals surface area contributed by atoms with E-state index in [1.54, 1.807) is 6.07 Å². The molecule has 0 aliphatic carbocycles. The Hall–Kier alpha value is -3.28. The molecule has 0 atom stereocenters. The number of carbonyl (C=O) groups is 2. The number of benzene rings is 2. The third kappa shape index (κ3) is 5.69. The Labute approximate surface area is 198 Å². The third-order valence-electron chi connectivity index (χ3n) is 4.61. The molecule has 0 fully saturated rings. The van der Waals surface area contributed by atoms with E-state index in [2.05, 4.69) is 31.0 Å². The van der Waals surface area contributed by atoms with E-state index < -0.39 is 11.9 Å². The summed E-state index contributed by atoms with van der Waals surface area (Å²) in [6.07, 6.45) is 3.97. The van der Waals surface area contributed by atoms with E-state index in [4.69, 9.17) is 16.3 Å².